The zero-order valence-electron chi connectivity index (χ0n) is 9.78. The molecule has 0 saturated heterocycles. The van der Waals surface area contributed by atoms with Gasteiger partial charge in [-0.25, -0.2) is 0 Å². The minimum atomic E-state index is 1.36. The summed E-state index contributed by atoms with van der Waals surface area (Å²) in [4.78, 5) is 0. The van der Waals surface area contributed by atoms with Gasteiger partial charge in [-0.1, -0.05) is 0 Å². The van der Waals surface area contributed by atoms with E-state index in [4.69, 9.17) is 0 Å². The van der Waals surface area contributed by atoms with Crippen molar-refractivity contribution in [2.75, 3.05) is 0 Å². The summed E-state index contributed by atoms with van der Waals surface area (Å²) in [5, 5.41) is 0. The minimum Gasteiger partial charge on any atom is -0.0424 e. The SMILES string of the molecule is Ic1c(I)c(I)c(-c2c(I)c(I)c(I)c(I)c2I)c(I)c1I. The number of hydrogen-bond acceptors (Lipinski definition) is 0. The molecule has 0 aliphatic heterocycles. The monoisotopic (exact) mass is 1410 g/mol. The second kappa shape index (κ2) is 10.2. The Hall–Kier alpha value is 5.74. The van der Waals surface area contributed by atoms with Crippen LogP contribution in [0.15, 0.2) is 0 Å². The fourth-order valence-electron chi connectivity index (χ4n) is 1.65. The summed E-state index contributed by atoms with van der Waals surface area (Å²) < 4.78 is 13.6. The van der Waals surface area contributed by atoms with Crippen LogP contribution in [-0.2, 0) is 0 Å². The lowest BCUT2D eigenvalue weighted by Gasteiger charge is -2.19. The van der Waals surface area contributed by atoms with Gasteiger partial charge in [0.2, 0.25) is 0 Å². The Morgan fingerprint density at radius 1 is 0.227 bits per heavy atom. The third kappa shape index (κ3) is 4.73. The van der Waals surface area contributed by atoms with Crippen LogP contribution in [0, 0.1) is 35.7 Å². The van der Waals surface area contributed by atoms with Crippen LogP contribution in [0.4, 0.5) is 0 Å². The van der Waals surface area contributed by atoms with Crippen molar-refractivity contribution in [3.63, 3.8) is 0 Å². The highest BCUT2D eigenvalue weighted by molar-refractivity contribution is 14.1. The maximum atomic E-state index is 2.51. The highest BCUT2D eigenvalue weighted by Gasteiger charge is 2.25. The van der Waals surface area contributed by atoms with Crippen LogP contribution in [0.2, 0.25) is 0 Å². The van der Waals surface area contributed by atoms with Crippen LogP contribution in [0.3, 0.4) is 0 Å². The van der Waals surface area contributed by atoms with Crippen LogP contribution in [-0.4, -0.2) is 0 Å². The molecule has 0 aliphatic rings. The van der Waals surface area contributed by atoms with Crippen molar-refractivity contribution in [1.82, 2.24) is 0 Å². The normalized spacial score (nSPS) is 11.2. The zero-order valence-corrected chi connectivity index (χ0v) is 31.4. The van der Waals surface area contributed by atoms with E-state index in [-0.39, 0.29) is 0 Å². The van der Waals surface area contributed by atoms with Crippen molar-refractivity contribution in [1.29, 1.82) is 0 Å². The molecule has 0 N–H and O–H groups in total. The molecule has 0 heterocycles. The number of halogens is 10. The van der Waals surface area contributed by atoms with Gasteiger partial charge < -0.3 is 0 Å². The van der Waals surface area contributed by atoms with Gasteiger partial charge in [-0.15, -0.1) is 0 Å². The largest absolute Gasteiger partial charge is 0.0424 e. The second-order valence-electron chi connectivity index (χ2n) is 3.89. The molecule has 2 rings (SSSR count). The van der Waals surface area contributed by atoms with Crippen molar-refractivity contribution < 1.29 is 0 Å². The van der Waals surface area contributed by atoms with E-state index in [1.54, 1.807) is 0 Å². The van der Waals surface area contributed by atoms with E-state index < -0.39 is 0 Å². The summed E-state index contributed by atoms with van der Waals surface area (Å²) in [7, 11) is 0. The summed E-state index contributed by atoms with van der Waals surface area (Å²) in [5.74, 6) is 0. The maximum absolute atomic E-state index is 2.51. The van der Waals surface area contributed by atoms with Crippen LogP contribution in [0.25, 0.3) is 11.1 Å². The molecule has 10 heteroatoms. The summed E-state index contributed by atoms with van der Waals surface area (Å²) in [6, 6.07) is 0. The van der Waals surface area contributed by atoms with E-state index in [1.165, 1.54) is 46.8 Å². The Bertz CT molecular complexity index is 670. The predicted octanol–water partition coefficient (Wildman–Crippen LogP) is 9.40. The van der Waals surface area contributed by atoms with E-state index in [1.807, 2.05) is 0 Å². The number of rotatable bonds is 1. The van der Waals surface area contributed by atoms with Crippen molar-refractivity contribution in [2.24, 2.45) is 0 Å². The fourth-order valence-corrected chi connectivity index (χ4v) is 12.2. The second-order valence-corrected chi connectivity index (χ2v) is 14.7. The van der Waals surface area contributed by atoms with Gasteiger partial charge in [-0.3, -0.25) is 0 Å². The third-order valence-electron chi connectivity index (χ3n) is 2.67. The van der Waals surface area contributed by atoms with Gasteiger partial charge in [0.15, 0.2) is 0 Å². The molecule has 0 nitrogen and oxygen atoms in total. The van der Waals surface area contributed by atoms with Crippen LogP contribution < -0.4 is 0 Å². The maximum Gasteiger partial charge on any atom is 0.0419 e. The molecule has 0 bridgehead atoms. The predicted molar refractivity (Wildman–Crippen MR) is 179 cm³/mol. The van der Waals surface area contributed by atoms with Crippen LogP contribution in [0.1, 0.15) is 0 Å². The lowest BCUT2D eigenvalue weighted by molar-refractivity contribution is 1.37. The molecule has 2 aromatic carbocycles. The molecule has 0 amide bonds. The Morgan fingerprint density at radius 3 is 0.545 bits per heavy atom. The third-order valence-corrected chi connectivity index (χ3v) is 21.7. The molecular weight excluding hydrogens is 1410 g/mol. The Morgan fingerprint density at radius 2 is 0.364 bits per heavy atom. The molecule has 0 fully saturated rings. The lowest BCUT2D eigenvalue weighted by Crippen LogP contribution is -2.05. The topological polar surface area (TPSA) is 0 Å². The van der Waals surface area contributed by atoms with E-state index in [0.29, 0.717) is 0 Å². The molecule has 0 atom stereocenters. The smallest absolute Gasteiger partial charge is 0.0419 e. The molecule has 0 aliphatic carbocycles. The van der Waals surface area contributed by atoms with E-state index in [2.05, 4.69) is 226 Å². The van der Waals surface area contributed by atoms with Gasteiger partial charge in [0.05, 0.1) is 0 Å². The summed E-state index contributed by atoms with van der Waals surface area (Å²) >= 11 is 24.9. The van der Waals surface area contributed by atoms with Gasteiger partial charge in [0, 0.05) is 46.8 Å². The fraction of sp³-hybridized carbons (Fsp3) is 0. The summed E-state index contributed by atoms with van der Waals surface area (Å²) in [6.45, 7) is 0. The van der Waals surface area contributed by atoms with Gasteiger partial charge in [-0.05, 0) is 226 Å². The van der Waals surface area contributed by atoms with E-state index in [9.17, 15) is 0 Å². The molecule has 0 saturated carbocycles. The highest BCUT2D eigenvalue weighted by atomic mass is 127. The Labute approximate surface area is 265 Å². The van der Waals surface area contributed by atoms with Crippen molar-refractivity contribution in [3.8, 4) is 11.1 Å². The van der Waals surface area contributed by atoms with Gasteiger partial charge in [0.1, 0.15) is 0 Å². The highest BCUT2D eigenvalue weighted by Crippen LogP contribution is 2.45. The number of benzene rings is 2. The van der Waals surface area contributed by atoms with E-state index in [0.717, 1.165) is 0 Å². The van der Waals surface area contributed by atoms with Crippen molar-refractivity contribution in [2.45, 2.75) is 0 Å². The minimum absolute atomic E-state index is 1.36. The van der Waals surface area contributed by atoms with Crippen LogP contribution in [0.5, 0.6) is 0 Å². The molecule has 0 unspecified atom stereocenters. The summed E-state index contributed by atoms with van der Waals surface area (Å²) in [6.07, 6.45) is 0. The first kappa shape index (κ1) is 24.0. The van der Waals surface area contributed by atoms with Gasteiger partial charge >= 0.3 is 0 Å². The Kier molecular flexibility index (Phi) is 11.1. The van der Waals surface area contributed by atoms with Crippen molar-refractivity contribution >= 4 is 226 Å². The lowest BCUT2D eigenvalue weighted by atomic mass is 10.1. The van der Waals surface area contributed by atoms with Gasteiger partial charge in [-0.2, -0.15) is 0 Å². The first-order chi connectivity index (χ1) is 10.1. The molecular formula is C12I10. The van der Waals surface area contributed by atoms with Crippen molar-refractivity contribution in [3.05, 3.63) is 35.7 Å². The average molecular weight is 1410 g/mol. The molecule has 118 valence electrons. The zero-order chi connectivity index (χ0) is 16.9. The number of hydrogen-bond donors (Lipinski definition) is 0. The molecule has 0 radical (unpaired) electrons. The quantitative estimate of drug-likeness (QED) is 0.152. The molecule has 0 aromatic heterocycles. The first-order valence-electron chi connectivity index (χ1n) is 5.14. The average Bonchev–Trinajstić information content (AvgIpc) is 2.50. The molecule has 0 spiro atoms. The van der Waals surface area contributed by atoms with E-state index >= 15 is 0 Å². The standard InChI is InChI=1S/C12I10/c13-3-1(4(14)8(18)11(21)7(3)17)2-5(15)9(19)12(22)10(20)6(2)16. The summed E-state index contributed by atoms with van der Waals surface area (Å²) in [5.41, 5.74) is 2.77. The molecule has 2 aromatic rings. The first-order valence-corrected chi connectivity index (χ1v) is 15.9. The van der Waals surface area contributed by atoms with Crippen LogP contribution >= 0.6 is 226 Å². The molecule has 22 heavy (non-hydrogen) atoms. The van der Waals surface area contributed by atoms with Gasteiger partial charge in [0.25, 0.3) is 0 Å². The Balaban J connectivity index is 3.03.